The third kappa shape index (κ3) is 3.34. The maximum absolute atomic E-state index is 11.8. The molecule has 3 rings (SSSR count). The number of hydrogen-bond acceptors (Lipinski definition) is 2. The van der Waals surface area contributed by atoms with Gasteiger partial charge >= 0.3 is 0 Å². The first kappa shape index (κ1) is 14.3. The zero-order chi connectivity index (χ0) is 14.7. The number of carbonyl (C=O) groups is 1. The lowest BCUT2D eigenvalue weighted by Gasteiger charge is -2.23. The summed E-state index contributed by atoms with van der Waals surface area (Å²) < 4.78 is 1.05. The van der Waals surface area contributed by atoms with E-state index in [1.165, 1.54) is 5.56 Å². The van der Waals surface area contributed by atoms with Crippen LogP contribution in [-0.4, -0.2) is 18.5 Å². The van der Waals surface area contributed by atoms with Crippen molar-refractivity contribution < 1.29 is 4.79 Å². The van der Waals surface area contributed by atoms with Crippen molar-refractivity contribution in [2.24, 2.45) is 0 Å². The maximum Gasteiger partial charge on any atom is 0.237 e. The van der Waals surface area contributed by atoms with Gasteiger partial charge in [0, 0.05) is 11.0 Å². The summed E-state index contributed by atoms with van der Waals surface area (Å²) in [6.45, 7) is 0.748. The maximum atomic E-state index is 11.8. The van der Waals surface area contributed by atoms with Gasteiger partial charge in [0.1, 0.15) is 0 Å². The first-order valence-electron chi connectivity index (χ1n) is 7.08. The molecule has 2 aromatic rings. The minimum absolute atomic E-state index is 0.0214. The Morgan fingerprint density at radius 3 is 2.33 bits per heavy atom. The van der Waals surface area contributed by atoms with Crippen molar-refractivity contribution in [3.8, 4) is 0 Å². The van der Waals surface area contributed by atoms with Crippen LogP contribution in [-0.2, 0) is 4.79 Å². The van der Waals surface area contributed by atoms with Gasteiger partial charge in [-0.25, -0.2) is 0 Å². The third-order valence-electron chi connectivity index (χ3n) is 3.75. The minimum atomic E-state index is -0.126. The van der Waals surface area contributed by atoms with Crippen LogP contribution in [0.5, 0.6) is 0 Å². The summed E-state index contributed by atoms with van der Waals surface area (Å²) in [5.74, 6) is 0.0908. The lowest BCUT2D eigenvalue weighted by atomic mass is 9.97. The Labute approximate surface area is 132 Å². The molecule has 0 saturated carbocycles. The first-order valence-corrected chi connectivity index (χ1v) is 7.87. The summed E-state index contributed by atoms with van der Waals surface area (Å²) in [5, 5.41) is 6.37. The highest BCUT2D eigenvalue weighted by Crippen LogP contribution is 2.25. The fraction of sp³-hybridized carbons (Fsp3) is 0.235. The Bertz CT molecular complexity index is 612. The molecule has 0 radical (unpaired) electrons. The normalized spacial score (nSPS) is 19.3. The van der Waals surface area contributed by atoms with Crippen molar-refractivity contribution in [2.45, 2.75) is 18.5 Å². The van der Waals surface area contributed by atoms with Crippen molar-refractivity contribution in [3.63, 3.8) is 0 Å². The van der Waals surface area contributed by atoms with E-state index >= 15 is 0 Å². The highest BCUT2D eigenvalue weighted by molar-refractivity contribution is 9.10. The van der Waals surface area contributed by atoms with Crippen molar-refractivity contribution in [2.75, 3.05) is 6.54 Å². The molecular weight excluding hydrogens is 328 g/mol. The second-order valence-corrected chi connectivity index (χ2v) is 6.11. The molecule has 2 aromatic carbocycles. The number of nitrogens with one attached hydrogen (secondary N) is 2. The number of hydrogen-bond donors (Lipinski definition) is 2. The van der Waals surface area contributed by atoms with Crippen LogP contribution in [0, 0.1) is 0 Å². The first-order chi connectivity index (χ1) is 10.2. The molecule has 3 nitrogen and oxygen atoms in total. The van der Waals surface area contributed by atoms with Gasteiger partial charge in [-0.15, -0.1) is 0 Å². The standard InChI is InChI=1S/C17H17BrN2O/c18-14-8-6-13(7-9-14)16(12-4-2-1-3-5-12)20-15-10-11-19-17(15)21/h1-9,15-16,20H,10-11H2,(H,19,21)/t15-,16-/m0/s1. The Balaban J connectivity index is 1.91. The van der Waals surface area contributed by atoms with Crippen LogP contribution in [0.4, 0.5) is 0 Å². The average Bonchev–Trinajstić information content (AvgIpc) is 2.92. The van der Waals surface area contributed by atoms with Crippen molar-refractivity contribution in [1.82, 2.24) is 10.6 Å². The summed E-state index contributed by atoms with van der Waals surface area (Å²) >= 11 is 3.46. The van der Waals surface area contributed by atoms with E-state index in [0.29, 0.717) is 0 Å². The minimum Gasteiger partial charge on any atom is -0.355 e. The highest BCUT2D eigenvalue weighted by atomic mass is 79.9. The fourth-order valence-electron chi connectivity index (χ4n) is 2.64. The van der Waals surface area contributed by atoms with Crippen LogP contribution >= 0.6 is 15.9 Å². The molecule has 0 spiro atoms. The smallest absolute Gasteiger partial charge is 0.237 e. The van der Waals surface area contributed by atoms with Crippen LogP contribution in [0.3, 0.4) is 0 Å². The Hall–Kier alpha value is -1.65. The number of rotatable bonds is 4. The molecule has 1 fully saturated rings. The van der Waals surface area contributed by atoms with Gasteiger partial charge in [-0.05, 0) is 29.7 Å². The molecule has 0 unspecified atom stereocenters. The third-order valence-corrected chi connectivity index (χ3v) is 4.28. The molecule has 2 N–H and O–H groups in total. The number of benzene rings is 2. The molecule has 0 aromatic heterocycles. The number of halogens is 1. The van der Waals surface area contributed by atoms with Gasteiger partial charge in [0.15, 0.2) is 0 Å². The second kappa shape index (κ2) is 6.41. The van der Waals surface area contributed by atoms with E-state index in [1.54, 1.807) is 0 Å². The zero-order valence-corrected chi connectivity index (χ0v) is 13.1. The van der Waals surface area contributed by atoms with Crippen LogP contribution in [0.15, 0.2) is 59.1 Å². The summed E-state index contributed by atoms with van der Waals surface area (Å²) in [6, 6.07) is 18.4. The van der Waals surface area contributed by atoms with E-state index < -0.39 is 0 Å². The molecule has 1 amide bonds. The van der Waals surface area contributed by atoms with Gasteiger partial charge in [0.2, 0.25) is 5.91 Å². The molecule has 0 bridgehead atoms. The van der Waals surface area contributed by atoms with Crippen molar-refractivity contribution in [1.29, 1.82) is 0 Å². The topological polar surface area (TPSA) is 41.1 Å². The molecular formula is C17H17BrN2O. The average molecular weight is 345 g/mol. The van der Waals surface area contributed by atoms with E-state index in [-0.39, 0.29) is 18.0 Å². The van der Waals surface area contributed by atoms with Gasteiger partial charge in [-0.2, -0.15) is 0 Å². The second-order valence-electron chi connectivity index (χ2n) is 5.19. The van der Waals surface area contributed by atoms with E-state index in [4.69, 9.17) is 0 Å². The summed E-state index contributed by atoms with van der Waals surface area (Å²) in [5.41, 5.74) is 2.32. The number of amides is 1. The predicted molar refractivity (Wildman–Crippen MR) is 87.0 cm³/mol. The molecule has 1 saturated heterocycles. The van der Waals surface area contributed by atoms with Crippen molar-refractivity contribution in [3.05, 3.63) is 70.2 Å². The predicted octanol–water partition coefficient (Wildman–Crippen LogP) is 3.02. The summed E-state index contributed by atoms with van der Waals surface area (Å²) in [7, 11) is 0. The van der Waals surface area contributed by atoms with E-state index in [2.05, 4.69) is 50.8 Å². The SMILES string of the molecule is O=C1NCC[C@@H]1N[C@@H](c1ccccc1)c1ccc(Br)cc1. The molecule has 4 heteroatoms. The highest BCUT2D eigenvalue weighted by Gasteiger charge is 2.27. The van der Waals surface area contributed by atoms with Crippen LogP contribution in [0.2, 0.25) is 0 Å². The number of carbonyl (C=O) groups excluding carboxylic acids is 1. The van der Waals surface area contributed by atoms with Gasteiger partial charge in [0.05, 0.1) is 12.1 Å². The van der Waals surface area contributed by atoms with E-state index in [1.807, 2.05) is 30.3 Å². The van der Waals surface area contributed by atoms with Gasteiger partial charge in [0.25, 0.3) is 0 Å². The quantitative estimate of drug-likeness (QED) is 0.894. The van der Waals surface area contributed by atoms with Gasteiger partial charge in [-0.1, -0.05) is 58.4 Å². The largest absolute Gasteiger partial charge is 0.355 e. The van der Waals surface area contributed by atoms with Crippen LogP contribution in [0.1, 0.15) is 23.6 Å². The fourth-order valence-corrected chi connectivity index (χ4v) is 2.90. The lowest BCUT2D eigenvalue weighted by molar-refractivity contribution is -0.121. The molecule has 0 aliphatic carbocycles. The van der Waals surface area contributed by atoms with Crippen molar-refractivity contribution >= 4 is 21.8 Å². The monoisotopic (exact) mass is 344 g/mol. The van der Waals surface area contributed by atoms with Crippen LogP contribution in [0.25, 0.3) is 0 Å². The zero-order valence-electron chi connectivity index (χ0n) is 11.6. The lowest BCUT2D eigenvalue weighted by Crippen LogP contribution is -2.39. The Morgan fingerprint density at radius 1 is 1.05 bits per heavy atom. The molecule has 108 valence electrons. The van der Waals surface area contributed by atoms with Crippen LogP contribution < -0.4 is 10.6 Å². The summed E-state index contributed by atoms with van der Waals surface area (Å²) in [6.07, 6.45) is 0.832. The summed E-state index contributed by atoms with van der Waals surface area (Å²) in [4.78, 5) is 11.8. The molecule has 2 atom stereocenters. The van der Waals surface area contributed by atoms with E-state index in [0.717, 1.165) is 23.0 Å². The van der Waals surface area contributed by atoms with Gasteiger partial charge in [-0.3, -0.25) is 10.1 Å². The molecule has 21 heavy (non-hydrogen) atoms. The Morgan fingerprint density at radius 2 is 1.71 bits per heavy atom. The van der Waals surface area contributed by atoms with E-state index in [9.17, 15) is 4.79 Å². The molecule has 1 heterocycles. The molecule has 1 aliphatic heterocycles. The Kier molecular flexibility index (Phi) is 4.36. The van der Waals surface area contributed by atoms with Gasteiger partial charge < -0.3 is 5.32 Å². The molecule has 1 aliphatic rings.